The second-order valence-corrected chi connectivity index (χ2v) is 8.97. The van der Waals surface area contributed by atoms with Gasteiger partial charge in [-0.25, -0.2) is 9.79 Å². The molecule has 4 rings (SSSR count). The van der Waals surface area contributed by atoms with Crippen molar-refractivity contribution in [2.75, 3.05) is 19.1 Å². The highest BCUT2D eigenvalue weighted by atomic mass is 79.9. The molecule has 2 aliphatic heterocycles. The SMILES string of the molecule is CCOC(=O)C1=C(C)N=C2S/C(=N/Nc3ccc(Br)cc3)C(=O)N2C1c1ccc(OC)cc1. The summed E-state index contributed by atoms with van der Waals surface area (Å²) in [5.74, 6) is -0.182. The number of hydrogen-bond donors (Lipinski definition) is 1. The number of allylic oxidation sites excluding steroid dienone is 1. The van der Waals surface area contributed by atoms with E-state index in [1.807, 2.05) is 36.4 Å². The Kier molecular flexibility index (Phi) is 6.85. The third kappa shape index (κ3) is 4.67. The summed E-state index contributed by atoms with van der Waals surface area (Å²) in [6.45, 7) is 3.70. The number of fused-ring (bicyclic) bond motifs is 1. The molecule has 0 aromatic heterocycles. The molecule has 0 bridgehead atoms. The molecule has 1 unspecified atom stereocenters. The van der Waals surface area contributed by atoms with Gasteiger partial charge in [0.25, 0.3) is 5.91 Å². The second kappa shape index (κ2) is 9.80. The van der Waals surface area contributed by atoms with Crippen LogP contribution in [0.15, 0.2) is 74.4 Å². The predicted molar refractivity (Wildman–Crippen MR) is 132 cm³/mol. The molecule has 2 aromatic carbocycles. The molecule has 1 amide bonds. The summed E-state index contributed by atoms with van der Waals surface area (Å²) in [5.41, 5.74) is 5.21. The van der Waals surface area contributed by atoms with Gasteiger partial charge in [-0.3, -0.25) is 15.1 Å². The summed E-state index contributed by atoms with van der Waals surface area (Å²) in [5, 5.41) is 4.99. The number of hydrogen-bond acceptors (Lipinski definition) is 8. The highest BCUT2D eigenvalue weighted by Gasteiger charge is 2.46. The van der Waals surface area contributed by atoms with Crippen molar-refractivity contribution in [1.29, 1.82) is 0 Å². The van der Waals surface area contributed by atoms with Crippen LogP contribution in [0.3, 0.4) is 0 Å². The summed E-state index contributed by atoms with van der Waals surface area (Å²) >= 11 is 4.55. The average molecular weight is 529 g/mol. The van der Waals surface area contributed by atoms with Crippen molar-refractivity contribution in [2.24, 2.45) is 10.1 Å². The summed E-state index contributed by atoms with van der Waals surface area (Å²) in [7, 11) is 1.58. The van der Waals surface area contributed by atoms with Crippen molar-refractivity contribution in [3.63, 3.8) is 0 Å². The number of amides is 1. The van der Waals surface area contributed by atoms with E-state index in [1.54, 1.807) is 33.1 Å². The van der Waals surface area contributed by atoms with E-state index in [0.29, 0.717) is 22.2 Å². The Bertz CT molecular complexity index is 1180. The standard InChI is InChI=1S/C23H21BrN4O4S/c1-4-32-22(30)18-13(2)25-23-28(19(18)14-5-11-17(31-3)12-6-14)21(29)20(33-23)27-26-16-9-7-15(24)8-10-16/h5-12,19,26H,4H2,1-3H3/b27-20+. The van der Waals surface area contributed by atoms with Crippen LogP contribution in [0.2, 0.25) is 0 Å². The Morgan fingerprint density at radius 3 is 2.55 bits per heavy atom. The van der Waals surface area contributed by atoms with Crippen molar-refractivity contribution in [1.82, 2.24) is 4.90 Å². The molecular formula is C23H21BrN4O4S. The van der Waals surface area contributed by atoms with E-state index >= 15 is 0 Å². The van der Waals surface area contributed by atoms with Gasteiger partial charge in [0.15, 0.2) is 10.2 Å². The largest absolute Gasteiger partial charge is 0.497 e. The molecule has 0 spiro atoms. The summed E-state index contributed by atoms with van der Waals surface area (Å²) < 4.78 is 11.5. The third-order valence-corrected chi connectivity index (χ3v) is 6.50. The van der Waals surface area contributed by atoms with Crippen LogP contribution in [-0.4, -0.2) is 40.7 Å². The molecule has 33 heavy (non-hydrogen) atoms. The fourth-order valence-electron chi connectivity index (χ4n) is 3.48. The van der Waals surface area contributed by atoms with Gasteiger partial charge in [-0.2, -0.15) is 5.10 Å². The predicted octanol–water partition coefficient (Wildman–Crippen LogP) is 4.71. The highest BCUT2D eigenvalue weighted by molar-refractivity contribution is 9.10. The van der Waals surface area contributed by atoms with Gasteiger partial charge in [-0.1, -0.05) is 28.1 Å². The minimum atomic E-state index is -0.692. The monoisotopic (exact) mass is 528 g/mol. The van der Waals surface area contributed by atoms with Gasteiger partial charge >= 0.3 is 5.97 Å². The number of amidine groups is 1. The molecule has 1 N–H and O–H groups in total. The molecule has 8 nitrogen and oxygen atoms in total. The number of carbonyl (C=O) groups excluding carboxylic acids is 2. The zero-order valence-electron chi connectivity index (χ0n) is 18.2. The number of ether oxygens (including phenoxy) is 2. The second-order valence-electron chi connectivity index (χ2n) is 7.10. The van der Waals surface area contributed by atoms with Gasteiger partial charge < -0.3 is 9.47 Å². The van der Waals surface area contributed by atoms with Crippen LogP contribution >= 0.6 is 27.7 Å². The highest BCUT2D eigenvalue weighted by Crippen LogP contribution is 2.42. The van der Waals surface area contributed by atoms with Crippen molar-refractivity contribution < 1.29 is 19.1 Å². The lowest BCUT2D eigenvalue weighted by atomic mass is 9.94. The number of nitrogens with zero attached hydrogens (tertiary/aromatic N) is 3. The van der Waals surface area contributed by atoms with Crippen molar-refractivity contribution in [3.8, 4) is 5.75 Å². The molecule has 2 aliphatic rings. The quantitative estimate of drug-likeness (QED) is 0.431. The number of benzene rings is 2. The van der Waals surface area contributed by atoms with E-state index in [0.717, 1.165) is 27.5 Å². The normalized spacial score (nSPS) is 18.8. The number of esters is 1. The van der Waals surface area contributed by atoms with E-state index in [9.17, 15) is 9.59 Å². The van der Waals surface area contributed by atoms with E-state index in [2.05, 4.69) is 31.4 Å². The molecule has 170 valence electrons. The van der Waals surface area contributed by atoms with E-state index in [1.165, 1.54) is 4.90 Å². The minimum Gasteiger partial charge on any atom is -0.497 e. The molecule has 2 aromatic rings. The van der Waals surface area contributed by atoms with Crippen LogP contribution in [0, 0.1) is 0 Å². The molecule has 1 atom stereocenters. The number of hydrazone groups is 1. The molecule has 1 fully saturated rings. The third-order valence-electron chi connectivity index (χ3n) is 5.04. The lowest BCUT2D eigenvalue weighted by Crippen LogP contribution is -2.40. The maximum Gasteiger partial charge on any atom is 0.338 e. The number of anilines is 1. The minimum absolute atomic E-state index is 0.216. The summed E-state index contributed by atoms with van der Waals surface area (Å²) in [4.78, 5) is 32.3. The first-order valence-corrected chi connectivity index (χ1v) is 11.7. The van der Waals surface area contributed by atoms with E-state index < -0.39 is 12.0 Å². The number of rotatable bonds is 6. The first-order chi connectivity index (χ1) is 15.9. The maximum absolute atomic E-state index is 13.4. The summed E-state index contributed by atoms with van der Waals surface area (Å²) in [6, 6.07) is 14.0. The van der Waals surface area contributed by atoms with E-state index in [4.69, 9.17) is 9.47 Å². The molecule has 0 saturated carbocycles. The number of thioether (sulfide) groups is 1. The average Bonchev–Trinajstić information content (AvgIpc) is 3.12. The first-order valence-electron chi connectivity index (χ1n) is 10.1. The van der Waals surface area contributed by atoms with Gasteiger partial charge in [0.2, 0.25) is 0 Å². The topological polar surface area (TPSA) is 92.6 Å². The lowest BCUT2D eigenvalue weighted by Gasteiger charge is -2.32. The van der Waals surface area contributed by atoms with E-state index in [-0.39, 0.29) is 17.6 Å². The molecule has 10 heteroatoms. The van der Waals surface area contributed by atoms with Gasteiger partial charge in [0.1, 0.15) is 5.75 Å². The van der Waals surface area contributed by atoms with Crippen LogP contribution in [0.1, 0.15) is 25.5 Å². The maximum atomic E-state index is 13.4. The number of aliphatic imine (C=N–C) groups is 1. The zero-order valence-corrected chi connectivity index (χ0v) is 20.6. The van der Waals surface area contributed by atoms with Crippen molar-refractivity contribution in [2.45, 2.75) is 19.9 Å². The number of carbonyl (C=O) groups is 2. The van der Waals surface area contributed by atoms with Crippen molar-refractivity contribution >= 4 is 55.5 Å². The number of halogens is 1. The van der Waals surface area contributed by atoms with Gasteiger partial charge in [0.05, 0.1) is 36.7 Å². The van der Waals surface area contributed by atoms with Crippen molar-refractivity contribution in [3.05, 3.63) is 69.8 Å². The molecule has 0 radical (unpaired) electrons. The van der Waals surface area contributed by atoms with Gasteiger partial charge in [0, 0.05) is 4.47 Å². The molecule has 1 saturated heterocycles. The summed E-state index contributed by atoms with van der Waals surface area (Å²) in [6.07, 6.45) is 0. The van der Waals surface area contributed by atoms with Crippen LogP contribution in [0.4, 0.5) is 5.69 Å². The number of methoxy groups -OCH3 is 1. The Morgan fingerprint density at radius 1 is 1.21 bits per heavy atom. The Labute approximate surface area is 203 Å². The number of nitrogens with one attached hydrogen (secondary N) is 1. The fraction of sp³-hybridized carbons (Fsp3) is 0.217. The Balaban J connectivity index is 1.71. The van der Waals surface area contributed by atoms with Gasteiger partial charge in [-0.15, -0.1) is 0 Å². The Hall–Kier alpha value is -3.11. The molecule has 2 heterocycles. The zero-order chi connectivity index (χ0) is 23.5. The fourth-order valence-corrected chi connectivity index (χ4v) is 4.67. The lowest BCUT2D eigenvalue weighted by molar-refractivity contribution is -0.139. The Morgan fingerprint density at radius 2 is 1.91 bits per heavy atom. The van der Waals surface area contributed by atoms with Crippen LogP contribution in [0.25, 0.3) is 0 Å². The molecule has 0 aliphatic carbocycles. The first kappa shape index (κ1) is 23.1. The van der Waals surface area contributed by atoms with Crippen LogP contribution in [-0.2, 0) is 14.3 Å². The van der Waals surface area contributed by atoms with Crippen LogP contribution in [0.5, 0.6) is 5.75 Å². The van der Waals surface area contributed by atoms with Crippen LogP contribution < -0.4 is 10.2 Å². The van der Waals surface area contributed by atoms with Gasteiger partial charge in [-0.05, 0) is 67.6 Å². The molecular weight excluding hydrogens is 508 g/mol. The smallest absolute Gasteiger partial charge is 0.338 e.